The van der Waals surface area contributed by atoms with Crippen LogP contribution in [0.5, 0.6) is 0 Å². The van der Waals surface area contributed by atoms with E-state index in [1.54, 1.807) is 12.3 Å². The topological polar surface area (TPSA) is 55.9 Å². The summed E-state index contributed by atoms with van der Waals surface area (Å²) in [6.45, 7) is 2.08. The first-order valence-electron chi connectivity index (χ1n) is 4.05. The first kappa shape index (κ1) is 11.0. The lowest BCUT2D eigenvalue weighted by Crippen LogP contribution is -2.39. The zero-order valence-corrected chi connectivity index (χ0v) is 7.54. The molecule has 1 heterocycles. The number of hydrogen-bond acceptors (Lipinski definition) is 3. The van der Waals surface area contributed by atoms with Crippen LogP contribution in [0.1, 0.15) is 18.7 Å². The molecule has 7 heteroatoms. The Balaban J connectivity index is 3.01. The van der Waals surface area contributed by atoms with E-state index in [0.29, 0.717) is 6.54 Å². The number of aryl methyl sites for hydroxylation is 1. The van der Waals surface area contributed by atoms with E-state index in [0.717, 1.165) is 0 Å². The molecule has 0 radical (unpaired) electrons. The largest absolute Gasteiger partial charge is 0.410 e. The summed E-state index contributed by atoms with van der Waals surface area (Å²) in [4.78, 5) is 0. The Morgan fingerprint density at radius 2 is 2.29 bits per heavy atom. The predicted molar refractivity (Wildman–Crippen MR) is 44.0 cm³/mol. The molecule has 14 heavy (non-hydrogen) atoms. The van der Waals surface area contributed by atoms with E-state index in [9.17, 15) is 13.2 Å². The van der Waals surface area contributed by atoms with Gasteiger partial charge in [0.1, 0.15) is 0 Å². The number of aromatic nitrogens is 2. The highest BCUT2D eigenvalue weighted by atomic mass is 19.4. The molecule has 0 spiro atoms. The van der Waals surface area contributed by atoms with E-state index in [2.05, 4.69) is 5.10 Å². The van der Waals surface area contributed by atoms with Crippen molar-refractivity contribution >= 4 is 0 Å². The van der Waals surface area contributed by atoms with Gasteiger partial charge in [-0.2, -0.15) is 18.3 Å². The molecule has 0 aromatic carbocycles. The van der Waals surface area contributed by atoms with Crippen molar-refractivity contribution in [3.8, 4) is 0 Å². The number of hydrazine groups is 1. The second kappa shape index (κ2) is 3.97. The average Bonchev–Trinajstić information content (AvgIpc) is 2.51. The Bertz CT molecular complexity index is 293. The summed E-state index contributed by atoms with van der Waals surface area (Å²) in [6, 6.07) is -0.577. The summed E-state index contributed by atoms with van der Waals surface area (Å²) >= 11 is 0. The quantitative estimate of drug-likeness (QED) is 0.574. The van der Waals surface area contributed by atoms with Crippen LogP contribution in [0, 0.1) is 0 Å². The number of hydrogen-bond donors (Lipinski definition) is 2. The molecule has 1 aromatic heterocycles. The van der Waals surface area contributed by atoms with E-state index in [1.807, 2.05) is 0 Å². The highest BCUT2D eigenvalue weighted by molar-refractivity contribution is 5.09. The normalized spacial score (nSPS) is 14.4. The molecule has 0 saturated heterocycles. The highest BCUT2D eigenvalue weighted by Crippen LogP contribution is 2.31. The molecule has 0 fully saturated rings. The maximum Gasteiger partial charge on any atom is 0.410 e. The van der Waals surface area contributed by atoms with Crippen molar-refractivity contribution in [1.82, 2.24) is 15.2 Å². The summed E-state index contributed by atoms with van der Waals surface area (Å²) in [5.41, 5.74) is 1.75. The zero-order chi connectivity index (χ0) is 10.8. The van der Waals surface area contributed by atoms with Gasteiger partial charge in [0.15, 0.2) is 6.04 Å². The lowest BCUT2D eigenvalue weighted by Gasteiger charge is -2.19. The van der Waals surface area contributed by atoms with Gasteiger partial charge in [-0.3, -0.25) is 10.5 Å². The lowest BCUT2D eigenvalue weighted by molar-refractivity contribution is -0.159. The van der Waals surface area contributed by atoms with Crippen molar-refractivity contribution in [3.05, 3.63) is 18.0 Å². The molecule has 0 bridgehead atoms. The van der Waals surface area contributed by atoms with Crippen LogP contribution in [0.3, 0.4) is 0 Å². The number of alkyl halides is 3. The van der Waals surface area contributed by atoms with Gasteiger partial charge in [-0.15, -0.1) is 0 Å². The first-order chi connectivity index (χ1) is 6.50. The third-order valence-corrected chi connectivity index (χ3v) is 1.84. The molecule has 0 aliphatic carbocycles. The monoisotopic (exact) mass is 208 g/mol. The predicted octanol–water partition coefficient (Wildman–Crippen LogP) is 0.970. The molecule has 4 nitrogen and oxygen atoms in total. The van der Waals surface area contributed by atoms with E-state index in [4.69, 9.17) is 5.84 Å². The van der Waals surface area contributed by atoms with Crippen molar-refractivity contribution in [2.75, 3.05) is 0 Å². The minimum atomic E-state index is -4.41. The fourth-order valence-corrected chi connectivity index (χ4v) is 1.20. The van der Waals surface area contributed by atoms with Gasteiger partial charge < -0.3 is 0 Å². The Hall–Kier alpha value is -1.08. The Kier molecular flexibility index (Phi) is 3.12. The molecular weight excluding hydrogens is 197 g/mol. The smallest absolute Gasteiger partial charge is 0.271 e. The molecule has 0 aliphatic rings. The van der Waals surface area contributed by atoms with Crippen LogP contribution >= 0.6 is 0 Å². The van der Waals surface area contributed by atoms with Gasteiger partial charge in [-0.1, -0.05) is 0 Å². The van der Waals surface area contributed by atoms with Gasteiger partial charge in [0.2, 0.25) is 0 Å². The molecule has 0 saturated carbocycles. The summed E-state index contributed by atoms with van der Waals surface area (Å²) in [6.07, 6.45) is -3.10. The van der Waals surface area contributed by atoms with E-state index in [1.165, 1.54) is 16.9 Å². The fraction of sp³-hybridized carbons (Fsp3) is 0.571. The SMILES string of the molecule is CCn1nccc1C(NN)C(F)(F)F. The van der Waals surface area contributed by atoms with Gasteiger partial charge in [-0.25, -0.2) is 5.43 Å². The summed E-state index contributed by atoms with van der Waals surface area (Å²) < 4.78 is 38.5. The van der Waals surface area contributed by atoms with Gasteiger partial charge in [-0.05, 0) is 13.0 Å². The minimum Gasteiger partial charge on any atom is -0.271 e. The van der Waals surface area contributed by atoms with E-state index < -0.39 is 12.2 Å². The lowest BCUT2D eigenvalue weighted by atomic mass is 10.2. The molecule has 1 atom stereocenters. The van der Waals surface area contributed by atoms with Gasteiger partial charge in [0.25, 0.3) is 0 Å². The molecule has 0 amide bonds. The minimum absolute atomic E-state index is 0.0162. The standard InChI is InChI=1S/C7H11F3N4/c1-2-14-5(3-4-12-14)6(13-11)7(8,9)10/h3-4,6,13H,2,11H2,1H3. The maximum absolute atomic E-state index is 12.4. The fourth-order valence-electron chi connectivity index (χ4n) is 1.20. The van der Waals surface area contributed by atoms with Crippen LogP contribution in [0.25, 0.3) is 0 Å². The number of nitrogens with zero attached hydrogens (tertiary/aromatic N) is 2. The summed E-state index contributed by atoms with van der Waals surface area (Å²) in [7, 11) is 0. The zero-order valence-electron chi connectivity index (χ0n) is 7.54. The molecular formula is C7H11F3N4. The van der Waals surface area contributed by atoms with Gasteiger partial charge >= 0.3 is 6.18 Å². The van der Waals surface area contributed by atoms with Gasteiger partial charge in [0, 0.05) is 12.7 Å². The third-order valence-electron chi connectivity index (χ3n) is 1.84. The van der Waals surface area contributed by atoms with Crippen LogP contribution in [0.2, 0.25) is 0 Å². The highest BCUT2D eigenvalue weighted by Gasteiger charge is 2.41. The third kappa shape index (κ3) is 2.05. The van der Waals surface area contributed by atoms with Gasteiger partial charge in [0.05, 0.1) is 5.69 Å². The molecule has 1 aromatic rings. The Labute approximate surface area is 78.9 Å². The average molecular weight is 208 g/mol. The van der Waals surface area contributed by atoms with Crippen LogP contribution in [0.4, 0.5) is 13.2 Å². The van der Waals surface area contributed by atoms with Crippen LogP contribution in [0.15, 0.2) is 12.3 Å². The van der Waals surface area contributed by atoms with Crippen LogP contribution in [-0.2, 0) is 6.54 Å². The Morgan fingerprint density at radius 1 is 1.64 bits per heavy atom. The van der Waals surface area contributed by atoms with Crippen molar-refractivity contribution in [1.29, 1.82) is 0 Å². The first-order valence-corrected chi connectivity index (χ1v) is 4.05. The number of nitrogens with two attached hydrogens (primary N) is 1. The summed E-state index contributed by atoms with van der Waals surface area (Å²) in [5, 5.41) is 3.74. The van der Waals surface area contributed by atoms with Crippen LogP contribution < -0.4 is 11.3 Å². The molecule has 0 aliphatic heterocycles. The molecule has 1 rings (SSSR count). The second-order valence-corrected chi connectivity index (χ2v) is 2.71. The van der Waals surface area contributed by atoms with E-state index in [-0.39, 0.29) is 5.69 Å². The number of nitrogens with one attached hydrogen (secondary N) is 1. The van der Waals surface area contributed by atoms with Crippen LogP contribution in [-0.4, -0.2) is 16.0 Å². The molecule has 80 valence electrons. The Morgan fingerprint density at radius 3 is 2.71 bits per heavy atom. The number of halogens is 3. The second-order valence-electron chi connectivity index (χ2n) is 2.71. The molecule has 3 N–H and O–H groups in total. The van der Waals surface area contributed by atoms with Crippen molar-refractivity contribution in [3.63, 3.8) is 0 Å². The molecule has 1 unspecified atom stereocenters. The van der Waals surface area contributed by atoms with E-state index >= 15 is 0 Å². The number of rotatable bonds is 3. The van der Waals surface area contributed by atoms with Crippen molar-refractivity contribution in [2.45, 2.75) is 25.7 Å². The van der Waals surface area contributed by atoms with Crippen molar-refractivity contribution < 1.29 is 13.2 Å². The summed E-state index contributed by atoms with van der Waals surface area (Å²) in [5.74, 6) is 4.86. The van der Waals surface area contributed by atoms with Crippen molar-refractivity contribution in [2.24, 2.45) is 5.84 Å². The maximum atomic E-state index is 12.4.